The van der Waals surface area contributed by atoms with E-state index in [1.807, 2.05) is 19.9 Å². The van der Waals surface area contributed by atoms with E-state index in [1.165, 1.54) is 5.57 Å². The lowest BCUT2D eigenvalue weighted by atomic mass is 9.86. The van der Waals surface area contributed by atoms with Crippen molar-refractivity contribution < 1.29 is 14.6 Å². The van der Waals surface area contributed by atoms with Crippen LogP contribution in [-0.2, 0) is 0 Å². The van der Waals surface area contributed by atoms with Crippen molar-refractivity contribution >= 4 is 11.1 Å². The van der Waals surface area contributed by atoms with Gasteiger partial charge in [-0.3, -0.25) is 0 Å². The SMILES string of the molecule is CCOc1cc2c(cc1/C(C)=C\CO)C(C(C)C)=CC(C)(C)O2. The molecule has 23 heavy (non-hydrogen) atoms. The van der Waals surface area contributed by atoms with Gasteiger partial charge in [0, 0.05) is 17.2 Å². The van der Waals surface area contributed by atoms with Crippen LogP contribution in [-0.4, -0.2) is 23.9 Å². The highest BCUT2D eigenvalue weighted by atomic mass is 16.5. The Morgan fingerprint density at radius 2 is 2.04 bits per heavy atom. The zero-order valence-corrected chi connectivity index (χ0v) is 15.1. The number of benzene rings is 1. The number of rotatable bonds is 5. The number of ether oxygens (including phenoxy) is 2. The van der Waals surface area contributed by atoms with Crippen molar-refractivity contribution in [1.82, 2.24) is 0 Å². The Hall–Kier alpha value is -1.74. The van der Waals surface area contributed by atoms with Gasteiger partial charge in [0.15, 0.2) is 0 Å². The summed E-state index contributed by atoms with van der Waals surface area (Å²) in [6.07, 6.45) is 4.01. The van der Waals surface area contributed by atoms with Crippen molar-refractivity contribution in [2.75, 3.05) is 13.2 Å². The van der Waals surface area contributed by atoms with E-state index in [2.05, 4.69) is 39.8 Å². The lowest BCUT2D eigenvalue weighted by molar-refractivity contribution is 0.156. The molecule has 0 fully saturated rings. The second kappa shape index (κ2) is 6.79. The molecule has 0 unspecified atom stereocenters. The minimum atomic E-state index is -0.326. The van der Waals surface area contributed by atoms with Gasteiger partial charge in [-0.2, -0.15) is 0 Å². The van der Waals surface area contributed by atoms with Crippen LogP contribution in [0.2, 0.25) is 0 Å². The summed E-state index contributed by atoms with van der Waals surface area (Å²) >= 11 is 0. The van der Waals surface area contributed by atoms with E-state index in [0.717, 1.165) is 28.2 Å². The van der Waals surface area contributed by atoms with Gasteiger partial charge < -0.3 is 14.6 Å². The summed E-state index contributed by atoms with van der Waals surface area (Å²) in [6, 6.07) is 4.11. The van der Waals surface area contributed by atoms with Crippen molar-refractivity contribution in [2.45, 2.75) is 47.1 Å². The average Bonchev–Trinajstić information content (AvgIpc) is 2.45. The molecule has 1 aromatic carbocycles. The molecule has 0 aromatic heterocycles. The fraction of sp³-hybridized carbons (Fsp3) is 0.500. The molecule has 2 rings (SSSR count). The average molecular weight is 316 g/mol. The first-order valence-electron chi connectivity index (χ1n) is 8.30. The summed E-state index contributed by atoms with van der Waals surface area (Å²) < 4.78 is 12.0. The highest BCUT2D eigenvalue weighted by Gasteiger charge is 2.29. The van der Waals surface area contributed by atoms with Crippen LogP contribution in [0.4, 0.5) is 0 Å². The molecule has 126 valence electrons. The van der Waals surface area contributed by atoms with Crippen LogP contribution >= 0.6 is 0 Å². The standard InChI is InChI=1S/C20H28O3/c1-7-22-18-11-19-16(10-15(18)14(4)8-9-21)17(13(2)3)12-20(5,6)23-19/h8,10-13,21H,7,9H2,1-6H3/b14-8-. The molecule has 1 aliphatic heterocycles. The molecule has 3 heteroatoms. The first-order valence-corrected chi connectivity index (χ1v) is 8.30. The summed E-state index contributed by atoms with van der Waals surface area (Å²) in [4.78, 5) is 0. The van der Waals surface area contributed by atoms with Gasteiger partial charge in [0.1, 0.15) is 17.1 Å². The molecular formula is C20H28O3. The summed E-state index contributed by atoms with van der Waals surface area (Å²) in [5.74, 6) is 2.07. The molecule has 0 radical (unpaired) electrons. The van der Waals surface area contributed by atoms with Crippen LogP contribution in [0.3, 0.4) is 0 Å². The van der Waals surface area contributed by atoms with E-state index in [1.54, 1.807) is 6.08 Å². The van der Waals surface area contributed by atoms with Gasteiger partial charge in [0.2, 0.25) is 0 Å². The third-order valence-corrected chi connectivity index (χ3v) is 4.01. The minimum Gasteiger partial charge on any atom is -0.493 e. The quantitative estimate of drug-likeness (QED) is 0.856. The highest BCUT2D eigenvalue weighted by molar-refractivity contribution is 5.80. The first-order chi connectivity index (χ1) is 10.8. The molecule has 1 aliphatic rings. The molecule has 0 aliphatic carbocycles. The number of fused-ring (bicyclic) bond motifs is 1. The molecule has 3 nitrogen and oxygen atoms in total. The Morgan fingerprint density at radius 1 is 1.35 bits per heavy atom. The van der Waals surface area contributed by atoms with Crippen LogP contribution < -0.4 is 9.47 Å². The molecule has 0 atom stereocenters. The van der Waals surface area contributed by atoms with Gasteiger partial charge in [0.25, 0.3) is 0 Å². The third kappa shape index (κ3) is 3.78. The second-order valence-corrected chi connectivity index (χ2v) is 6.81. The lowest BCUT2D eigenvalue weighted by Crippen LogP contribution is -2.29. The van der Waals surface area contributed by atoms with E-state index in [-0.39, 0.29) is 12.2 Å². The summed E-state index contributed by atoms with van der Waals surface area (Å²) in [5, 5.41) is 9.21. The van der Waals surface area contributed by atoms with Crippen LogP contribution in [0.5, 0.6) is 11.5 Å². The van der Waals surface area contributed by atoms with Gasteiger partial charge in [-0.25, -0.2) is 0 Å². The number of hydrogen-bond acceptors (Lipinski definition) is 3. The smallest absolute Gasteiger partial charge is 0.131 e. The molecule has 1 aromatic rings. The summed E-state index contributed by atoms with van der Waals surface area (Å²) in [6.45, 7) is 13.1. The predicted octanol–water partition coefficient (Wildman–Crippen LogP) is 4.69. The van der Waals surface area contributed by atoms with Gasteiger partial charge >= 0.3 is 0 Å². The lowest BCUT2D eigenvalue weighted by Gasteiger charge is -2.33. The molecule has 0 spiro atoms. The summed E-state index contributed by atoms with van der Waals surface area (Å²) in [5.41, 5.74) is 4.09. The third-order valence-electron chi connectivity index (χ3n) is 4.01. The molecule has 1 N–H and O–H groups in total. The maximum absolute atomic E-state index is 9.21. The molecule has 0 amide bonds. The topological polar surface area (TPSA) is 38.7 Å². The predicted molar refractivity (Wildman–Crippen MR) is 95.9 cm³/mol. The van der Waals surface area contributed by atoms with Gasteiger partial charge in [-0.05, 0) is 56.9 Å². The summed E-state index contributed by atoms with van der Waals surface area (Å²) in [7, 11) is 0. The maximum Gasteiger partial charge on any atom is 0.131 e. The van der Waals surface area contributed by atoms with Crippen LogP contribution in [0.15, 0.2) is 24.3 Å². The number of aliphatic hydroxyl groups excluding tert-OH is 1. The van der Waals surface area contributed by atoms with Crippen LogP contribution in [0.25, 0.3) is 11.1 Å². The van der Waals surface area contributed by atoms with Crippen molar-refractivity contribution in [3.05, 3.63) is 35.4 Å². The Bertz CT molecular complexity index is 637. The van der Waals surface area contributed by atoms with E-state index in [9.17, 15) is 5.11 Å². The van der Waals surface area contributed by atoms with Crippen molar-refractivity contribution in [1.29, 1.82) is 0 Å². The molecule has 1 heterocycles. The van der Waals surface area contributed by atoms with Crippen LogP contribution in [0, 0.1) is 5.92 Å². The van der Waals surface area contributed by atoms with Crippen molar-refractivity contribution in [2.24, 2.45) is 5.92 Å². The molecule has 0 saturated carbocycles. The van der Waals surface area contributed by atoms with E-state index < -0.39 is 0 Å². The van der Waals surface area contributed by atoms with Gasteiger partial charge in [0.05, 0.1) is 13.2 Å². The largest absolute Gasteiger partial charge is 0.493 e. The van der Waals surface area contributed by atoms with Crippen molar-refractivity contribution in [3.63, 3.8) is 0 Å². The number of allylic oxidation sites excluding steroid dienone is 2. The zero-order chi connectivity index (χ0) is 17.2. The minimum absolute atomic E-state index is 0.0187. The Morgan fingerprint density at radius 3 is 2.61 bits per heavy atom. The Labute approximate surface area is 139 Å². The number of hydrogen-bond donors (Lipinski definition) is 1. The monoisotopic (exact) mass is 316 g/mol. The second-order valence-electron chi connectivity index (χ2n) is 6.81. The molecule has 0 saturated heterocycles. The van der Waals surface area contributed by atoms with Crippen LogP contribution in [0.1, 0.15) is 52.7 Å². The Balaban J connectivity index is 2.65. The maximum atomic E-state index is 9.21. The Kier molecular flexibility index (Phi) is 5.20. The van der Waals surface area contributed by atoms with Gasteiger partial charge in [-0.15, -0.1) is 0 Å². The zero-order valence-electron chi connectivity index (χ0n) is 15.1. The van der Waals surface area contributed by atoms with E-state index in [4.69, 9.17) is 9.47 Å². The van der Waals surface area contributed by atoms with E-state index in [0.29, 0.717) is 12.5 Å². The highest BCUT2D eigenvalue weighted by Crippen LogP contribution is 2.44. The fourth-order valence-electron chi connectivity index (χ4n) is 2.94. The molecule has 0 bridgehead atoms. The first kappa shape index (κ1) is 17.6. The van der Waals surface area contributed by atoms with Crippen molar-refractivity contribution in [3.8, 4) is 11.5 Å². The fourth-order valence-corrected chi connectivity index (χ4v) is 2.94. The number of aliphatic hydroxyl groups is 1. The molecular weight excluding hydrogens is 288 g/mol. The van der Waals surface area contributed by atoms with E-state index >= 15 is 0 Å². The van der Waals surface area contributed by atoms with Gasteiger partial charge in [-0.1, -0.05) is 19.9 Å². The normalized spacial score (nSPS) is 16.7.